The molecule has 28 heavy (non-hydrogen) atoms. The summed E-state index contributed by atoms with van der Waals surface area (Å²) < 4.78 is 15.3. The molecule has 0 spiro atoms. The molecular weight excluding hydrogens is 364 g/mol. The number of carbonyl (C=O) groups excluding carboxylic acids is 3. The normalized spacial score (nSPS) is 11.9. The van der Waals surface area contributed by atoms with E-state index in [0.717, 1.165) is 5.56 Å². The van der Waals surface area contributed by atoms with Crippen LogP contribution in [-0.2, 0) is 25.6 Å². The van der Waals surface area contributed by atoms with E-state index in [1.165, 1.54) is 0 Å². The standard InChI is InChI=1S/C20H30N2O6/c1-5-26-17(23)16(12-9-13-21-18(24)28-20(2,3)4)22-19(25)27-14-15-10-7-6-8-11-15/h6-8,10-11,16H,5,9,12-14H2,1-4H3,(H,21,24)(H,22,25). The van der Waals surface area contributed by atoms with E-state index in [4.69, 9.17) is 14.2 Å². The van der Waals surface area contributed by atoms with Crippen molar-refractivity contribution in [2.75, 3.05) is 13.2 Å². The fraction of sp³-hybridized carbons (Fsp3) is 0.550. The summed E-state index contributed by atoms with van der Waals surface area (Å²) in [7, 11) is 0. The summed E-state index contributed by atoms with van der Waals surface area (Å²) in [6.07, 6.45) is -0.506. The van der Waals surface area contributed by atoms with Gasteiger partial charge in [0.05, 0.1) is 6.61 Å². The predicted octanol–water partition coefficient (Wildman–Crippen LogP) is 3.15. The number of nitrogens with one attached hydrogen (secondary N) is 2. The maximum Gasteiger partial charge on any atom is 0.408 e. The third-order valence-corrected chi connectivity index (χ3v) is 3.41. The van der Waals surface area contributed by atoms with Crippen LogP contribution in [0.5, 0.6) is 0 Å². The highest BCUT2D eigenvalue weighted by Gasteiger charge is 2.23. The van der Waals surface area contributed by atoms with Crippen molar-refractivity contribution in [3.05, 3.63) is 35.9 Å². The molecule has 1 atom stereocenters. The zero-order chi connectivity index (χ0) is 21.0. The Morgan fingerprint density at radius 3 is 2.32 bits per heavy atom. The summed E-state index contributed by atoms with van der Waals surface area (Å²) in [5, 5.41) is 5.13. The quantitative estimate of drug-likeness (QED) is 0.379. The Hall–Kier alpha value is -2.77. The van der Waals surface area contributed by atoms with Crippen LogP contribution in [0.15, 0.2) is 30.3 Å². The highest BCUT2D eigenvalue weighted by molar-refractivity contribution is 5.81. The Kier molecular flexibility index (Phi) is 9.84. The van der Waals surface area contributed by atoms with Crippen LogP contribution in [0.4, 0.5) is 9.59 Å². The number of hydrogen-bond donors (Lipinski definition) is 2. The van der Waals surface area contributed by atoms with Gasteiger partial charge >= 0.3 is 18.2 Å². The highest BCUT2D eigenvalue weighted by Crippen LogP contribution is 2.07. The molecule has 0 saturated carbocycles. The lowest BCUT2D eigenvalue weighted by atomic mass is 10.1. The van der Waals surface area contributed by atoms with Gasteiger partial charge in [-0.3, -0.25) is 0 Å². The summed E-state index contributed by atoms with van der Waals surface area (Å²) in [4.78, 5) is 35.7. The van der Waals surface area contributed by atoms with Gasteiger partial charge in [-0.2, -0.15) is 0 Å². The number of hydrogen-bond acceptors (Lipinski definition) is 6. The molecule has 8 heteroatoms. The fourth-order valence-electron chi connectivity index (χ4n) is 2.21. The maximum absolute atomic E-state index is 12.1. The van der Waals surface area contributed by atoms with Crippen LogP contribution in [0.1, 0.15) is 46.1 Å². The number of benzene rings is 1. The number of esters is 1. The second-order valence-electron chi connectivity index (χ2n) is 7.08. The lowest BCUT2D eigenvalue weighted by molar-refractivity contribution is -0.145. The topological polar surface area (TPSA) is 103 Å². The first-order valence-corrected chi connectivity index (χ1v) is 9.32. The van der Waals surface area contributed by atoms with E-state index in [1.54, 1.807) is 27.7 Å². The second kappa shape index (κ2) is 11.8. The van der Waals surface area contributed by atoms with Gasteiger partial charge < -0.3 is 24.8 Å². The van der Waals surface area contributed by atoms with Gasteiger partial charge in [0.2, 0.25) is 0 Å². The van der Waals surface area contributed by atoms with Crippen molar-refractivity contribution >= 4 is 18.2 Å². The monoisotopic (exact) mass is 394 g/mol. The minimum Gasteiger partial charge on any atom is -0.464 e. The second-order valence-corrected chi connectivity index (χ2v) is 7.08. The first-order valence-electron chi connectivity index (χ1n) is 9.32. The molecule has 1 rings (SSSR count). The van der Waals surface area contributed by atoms with Gasteiger partial charge in [-0.1, -0.05) is 30.3 Å². The molecule has 0 aromatic heterocycles. The van der Waals surface area contributed by atoms with Crippen LogP contribution in [0.25, 0.3) is 0 Å². The van der Waals surface area contributed by atoms with Gasteiger partial charge in [0.15, 0.2) is 0 Å². The molecule has 1 unspecified atom stereocenters. The van der Waals surface area contributed by atoms with Crippen LogP contribution < -0.4 is 10.6 Å². The van der Waals surface area contributed by atoms with E-state index in [1.807, 2.05) is 30.3 Å². The van der Waals surface area contributed by atoms with Crippen molar-refractivity contribution in [3.8, 4) is 0 Å². The molecule has 2 amide bonds. The van der Waals surface area contributed by atoms with Crippen LogP contribution >= 0.6 is 0 Å². The molecular formula is C20H30N2O6. The number of carbonyl (C=O) groups is 3. The van der Waals surface area contributed by atoms with Gasteiger partial charge in [0.25, 0.3) is 0 Å². The lowest BCUT2D eigenvalue weighted by Gasteiger charge is -2.20. The van der Waals surface area contributed by atoms with E-state index in [-0.39, 0.29) is 19.6 Å². The van der Waals surface area contributed by atoms with Crippen molar-refractivity contribution in [2.45, 2.75) is 58.8 Å². The van der Waals surface area contributed by atoms with E-state index in [9.17, 15) is 14.4 Å². The molecule has 0 heterocycles. The summed E-state index contributed by atoms with van der Waals surface area (Å²) in [6, 6.07) is 8.36. The van der Waals surface area contributed by atoms with Gasteiger partial charge in [-0.15, -0.1) is 0 Å². The zero-order valence-corrected chi connectivity index (χ0v) is 16.9. The molecule has 0 bridgehead atoms. The molecule has 1 aromatic rings. The molecule has 0 aliphatic carbocycles. The van der Waals surface area contributed by atoms with Crippen molar-refractivity contribution in [1.82, 2.24) is 10.6 Å². The van der Waals surface area contributed by atoms with Crippen molar-refractivity contribution in [2.24, 2.45) is 0 Å². The summed E-state index contributed by atoms with van der Waals surface area (Å²) in [6.45, 7) is 7.60. The Labute approximate surface area is 165 Å². The molecule has 156 valence electrons. The van der Waals surface area contributed by atoms with Crippen LogP contribution in [0, 0.1) is 0 Å². The molecule has 1 aromatic carbocycles. The Bertz CT molecular complexity index is 627. The molecule has 8 nitrogen and oxygen atoms in total. The van der Waals surface area contributed by atoms with Gasteiger partial charge in [0.1, 0.15) is 18.2 Å². The van der Waals surface area contributed by atoms with Gasteiger partial charge in [-0.05, 0) is 46.1 Å². The SMILES string of the molecule is CCOC(=O)C(CCCNC(=O)OC(C)(C)C)NC(=O)OCc1ccccc1. The summed E-state index contributed by atoms with van der Waals surface area (Å²) in [5.41, 5.74) is 0.258. The van der Waals surface area contributed by atoms with Crippen LogP contribution in [0.3, 0.4) is 0 Å². The van der Waals surface area contributed by atoms with Crippen molar-refractivity contribution < 1.29 is 28.6 Å². The molecule has 0 aliphatic heterocycles. The van der Waals surface area contributed by atoms with Crippen LogP contribution in [-0.4, -0.2) is 43.0 Å². The number of alkyl carbamates (subject to hydrolysis) is 2. The van der Waals surface area contributed by atoms with Crippen LogP contribution in [0.2, 0.25) is 0 Å². The van der Waals surface area contributed by atoms with E-state index in [0.29, 0.717) is 13.0 Å². The largest absolute Gasteiger partial charge is 0.464 e. The molecule has 0 saturated heterocycles. The van der Waals surface area contributed by atoms with E-state index < -0.39 is 29.8 Å². The predicted molar refractivity (Wildman–Crippen MR) is 104 cm³/mol. The molecule has 0 fully saturated rings. The lowest BCUT2D eigenvalue weighted by Crippen LogP contribution is -2.42. The Balaban J connectivity index is 2.43. The average Bonchev–Trinajstić information content (AvgIpc) is 2.62. The summed E-state index contributed by atoms with van der Waals surface area (Å²) in [5.74, 6) is -0.545. The zero-order valence-electron chi connectivity index (χ0n) is 16.9. The Morgan fingerprint density at radius 2 is 1.71 bits per heavy atom. The van der Waals surface area contributed by atoms with Crippen molar-refractivity contribution in [3.63, 3.8) is 0 Å². The Morgan fingerprint density at radius 1 is 1.04 bits per heavy atom. The fourth-order valence-corrected chi connectivity index (χ4v) is 2.21. The first kappa shape index (κ1) is 23.3. The maximum atomic E-state index is 12.1. The number of rotatable bonds is 9. The van der Waals surface area contributed by atoms with E-state index in [2.05, 4.69) is 10.6 Å². The third kappa shape index (κ3) is 10.4. The molecule has 0 aliphatic rings. The number of ether oxygens (including phenoxy) is 3. The highest BCUT2D eigenvalue weighted by atomic mass is 16.6. The number of amides is 2. The first-order chi connectivity index (χ1) is 13.2. The molecule has 2 N–H and O–H groups in total. The van der Waals surface area contributed by atoms with Gasteiger partial charge in [-0.25, -0.2) is 14.4 Å². The molecule has 0 radical (unpaired) electrons. The van der Waals surface area contributed by atoms with E-state index >= 15 is 0 Å². The minimum absolute atomic E-state index is 0.0996. The smallest absolute Gasteiger partial charge is 0.408 e. The average molecular weight is 394 g/mol. The van der Waals surface area contributed by atoms with Crippen molar-refractivity contribution in [1.29, 1.82) is 0 Å². The third-order valence-electron chi connectivity index (χ3n) is 3.41. The minimum atomic E-state index is -0.858. The van der Waals surface area contributed by atoms with Gasteiger partial charge in [0, 0.05) is 6.54 Å². The summed E-state index contributed by atoms with van der Waals surface area (Å²) >= 11 is 0.